The summed E-state index contributed by atoms with van der Waals surface area (Å²) in [5, 5.41) is 2.63. The van der Waals surface area contributed by atoms with Crippen molar-refractivity contribution in [3.63, 3.8) is 0 Å². The predicted octanol–water partition coefficient (Wildman–Crippen LogP) is 1.40. The molecule has 0 aromatic carbocycles. The van der Waals surface area contributed by atoms with E-state index in [4.69, 9.17) is 6.42 Å². The van der Waals surface area contributed by atoms with Crippen LogP contribution in [0.25, 0.3) is 0 Å². The zero-order valence-electron chi connectivity index (χ0n) is 9.04. The molecule has 80 valence electrons. The second-order valence-corrected chi connectivity index (χ2v) is 4.09. The van der Waals surface area contributed by atoms with Gasteiger partial charge in [0.2, 0.25) is 0 Å². The van der Waals surface area contributed by atoms with Crippen LogP contribution in [0, 0.1) is 12.3 Å². The highest BCUT2D eigenvalue weighted by Gasteiger charge is 2.13. The van der Waals surface area contributed by atoms with Gasteiger partial charge < -0.3 is 10.2 Å². The van der Waals surface area contributed by atoms with Gasteiger partial charge in [0.25, 0.3) is 0 Å². The first-order chi connectivity index (χ1) is 6.63. The van der Waals surface area contributed by atoms with Crippen LogP contribution in [0.2, 0.25) is 0 Å². The largest absolute Gasteiger partial charge is 0.327 e. The predicted molar refractivity (Wildman–Crippen MR) is 62.5 cm³/mol. The van der Waals surface area contributed by atoms with Crippen LogP contribution in [-0.4, -0.2) is 42.6 Å². The first kappa shape index (κ1) is 13.2. The van der Waals surface area contributed by atoms with Gasteiger partial charge in [-0.1, -0.05) is 5.92 Å². The topological polar surface area (TPSA) is 32.3 Å². The van der Waals surface area contributed by atoms with Crippen molar-refractivity contribution in [3.8, 4) is 12.3 Å². The lowest BCUT2D eigenvalue weighted by Crippen LogP contribution is -2.42. The SMILES string of the molecule is C#CCNC(=O)N(C)[C@H](C)CCSC. The first-order valence-electron chi connectivity index (χ1n) is 4.56. The third kappa shape index (κ3) is 5.03. The van der Waals surface area contributed by atoms with Crippen LogP contribution in [0.1, 0.15) is 13.3 Å². The van der Waals surface area contributed by atoms with Crippen LogP contribution in [0.3, 0.4) is 0 Å². The van der Waals surface area contributed by atoms with Crippen LogP contribution in [-0.2, 0) is 0 Å². The maximum absolute atomic E-state index is 11.4. The Morgan fingerprint density at radius 3 is 2.86 bits per heavy atom. The second-order valence-electron chi connectivity index (χ2n) is 3.10. The van der Waals surface area contributed by atoms with Gasteiger partial charge in [0.15, 0.2) is 0 Å². The Morgan fingerprint density at radius 1 is 1.71 bits per heavy atom. The maximum Gasteiger partial charge on any atom is 0.318 e. The molecule has 0 aliphatic carbocycles. The molecule has 0 aromatic rings. The zero-order valence-corrected chi connectivity index (χ0v) is 9.86. The van der Waals surface area contributed by atoms with Crippen molar-refractivity contribution >= 4 is 17.8 Å². The van der Waals surface area contributed by atoms with Gasteiger partial charge >= 0.3 is 6.03 Å². The van der Waals surface area contributed by atoms with Gasteiger partial charge in [0.1, 0.15) is 0 Å². The summed E-state index contributed by atoms with van der Waals surface area (Å²) in [5.41, 5.74) is 0. The van der Waals surface area contributed by atoms with Crippen molar-refractivity contribution in [2.24, 2.45) is 0 Å². The van der Waals surface area contributed by atoms with Crippen LogP contribution in [0.4, 0.5) is 4.79 Å². The van der Waals surface area contributed by atoms with Gasteiger partial charge in [0.05, 0.1) is 6.54 Å². The molecule has 0 radical (unpaired) electrons. The van der Waals surface area contributed by atoms with Gasteiger partial charge in [-0.25, -0.2) is 4.79 Å². The molecule has 0 aromatic heterocycles. The minimum Gasteiger partial charge on any atom is -0.327 e. The lowest BCUT2D eigenvalue weighted by Gasteiger charge is -2.24. The van der Waals surface area contributed by atoms with Crippen molar-refractivity contribution < 1.29 is 4.79 Å². The molecule has 3 nitrogen and oxygen atoms in total. The average molecular weight is 214 g/mol. The number of nitrogens with zero attached hydrogens (tertiary/aromatic N) is 1. The highest BCUT2D eigenvalue weighted by Crippen LogP contribution is 2.05. The molecular weight excluding hydrogens is 196 g/mol. The van der Waals surface area contributed by atoms with E-state index < -0.39 is 0 Å². The molecule has 0 spiro atoms. The van der Waals surface area contributed by atoms with Crippen molar-refractivity contribution in [2.45, 2.75) is 19.4 Å². The number of hydrogen-bond acceptors (Lipinski definition) is 2. The number of urea groups is 1. The molecule has 0 unspecified atom stereocenters. The molecule has 1 atom stereocenters. The second kappa shape index (κ2) is 7.57. The van der Waals surface area contributed by atoms with E-state index in [0.717, 1.165) is 12.2 Å². The summed E-state index contributed by atoms with van der Waals surface area (Å²) >= 11 is 1.79. The first-order valence-corrected chi connectivity index (χ1v) is 5.96. The number of hydrogen-bond donors (Lipinski definition) is 1. The third-order valence-corrected chi connectivity index (χ3v) is 2.71. The highest BCUT2D eigenvalue weighted by atomic mass is 32.2. The van der Waals surface area contributed by atoms with E-state index in [0.29, 0.717) is 6.54 Å². The smallest absolute Gasteiger partial charge is 0.318 e. The van der Waals surface area contributed by atoms with Gasteiger partial charge in [-0.05, 0) is 25.4 Å². The monoisotopic (exact) mass is 214 g/mol. The molecule has 0 rings (SSSR count). The number of thioether (sulfide) groups is 1. The lowest BCUT2D eigenvalue weighted by molar-refractivity contribution is 0.194. The molecule has 0 fully saturated rings. The summed E-state index contributed by atoms with van der Waals surface area (Å²) in [6.45, 7) is 2.32. The van der Waals surface area contributed by atoms with Crippen molar-refractivity contribution in [3.05, 3.63) is 0 Å². The summed E-state index contributed by atoms with van der Waals surface area (Å²) in [6.07, 6.45) is 8.11. The fraction of sp³-hybridized carbons (Fsp3) is 0.700. The Labute approximate surface area is 90.6 Å². The van der Waals surface area contributed by atoms with Crippen LogP contribution < -0.4 is 5.32 Å². The molecule has 0 saturated carbocycles. The minimum absolute atomic E-state index is 0.100. The Bertz CT molecular complexity index is 213. The third-order valence-electron chi connectivity index (χ3n) is 2.06. The number of terminal acetylenes is 1. The van der Waals surface area contributed by atoms with Gasteiger partial charge in [-0.3, -0.25) is 0 Å². The number of carbonyl (C=O) groups excluding carboxylic acids is 1. The molecule has 0 aliphatic rings. The highest BCUT2D eigenvalue weighted by molar-refractivity contribution is 7.98. The summed E-state index contributed by atoms with van der Waals surface area (Å²) in [7, 11) is 1.79. The average Bonchev–Trinajstić information content (AvgIpc) is 2.21. The molecule has 14 heavy (non-hydrogen) atoms. The Hall–Kier alpha value is -0.820. The van der Waals surface area contributed by atoms with Crippen molar-refractivity contribution in [1.82, 2.24) is 10.2 Å². The molecule has 1 N–H and O–H groups in total. The molecule has 0 bridgehead atoms. The van der Waals surface area contributed by atoms with E-state index in [2.05, 4.69) is 17.5 Å². The molecule has 0 saturated heterocycles. The van der Waals surface area contributed by atoms with E-state index in [1.165, 1.54) is 0 Å². The summed E-state index contributed by atoms with van der Waals surface area (Å²) in [5.74, 6) is 3.44. The van der Waals surface area contributed by atoms with E-state index in [1.807, 2.05) is 6.92 Å². The van der Waals surface area contributed by atoms with E-state index in [1.54, 1.807) is 23.7 Å². The quantitative estimate of drug-likeness (QED) is 0.702. The number of amides is 2. The van der Waals surface area contributed by atoms with Gasteiger partial charge in [-0.15, -0.1) is 6.42 Å². The number of nitrogens with one attached hydrogen (secondary N) is 1. The van der Waals surface area contributed by atoms with Crippen molar-refractivity contribution in [1.29, 1.82) is 0 Å². The molecule has 0 heterocycles. The zero-order chi connectivity index (χ0) is 11.0. The molecule has 2 amide bonds. The standard InChI is InChI=1S/C10H18N2OS/c1-5-7-11-10(13)12(3)9(2)6-8-14-4/h1,9H,6-8H2,2-4H3,(H,11,13)/t9-/m1/s1. The van der Waals surface area contributed by atoms with Gasteiger partial charge in [-0.2, -0.15) is 11.8 Å². The lowest BCUT2D eigenvalue weighted by atomic mass is 10.2. The van der Waals surface area contributed by atoms with Crippen molar-refractivity contribution in [2.75, 3.05) is 25.6 Å². The Morgan fingerprint density at radius 2 is 2.36 bits per heavy atom. The Kier molecular flexibility index (Phi) is 7.13. The molecule has 4 heteroatoms. The van der Waals surface area contributed by atoms with E-state index in [-0.39, 0.29) is 12.1 Å². The summed E-state index contributed by atoms with van der Waals surface area (Å²) in [4.78, 5) is 13.1. The Balaban J connectivity index is 3.85. The van der Waals surface area contributed by atoms with Gasteiger partial charge in [0, 0.05) is 13.1 Å². The van der Waals surface area contributed by atoms with Crippen LogP contribution >= 0.6 is 11.8 Å². The minimum atomic E-state index is -0.100. The normalized spacial score (nSPS) is 11.6. The summed E-state index contributed by atoms with van der Waals surface area (Å²) in [6, 6.07) is 0.150. The number of carbonyl (C=O) groups is 1. The number of rotatable bonds is 5. The maximum atomic E-state index is 11.4. The fourth-order valence-electron chi connectivity index (χ4n) is 0.934. The molecular formula is C10H18N2OS. The fourth-order valence-corrected chi connectivity index (χ4v) is 1.51. The molecule has 0 aliphatic heterocycles. The van der Waals surface area contributed by atoms with E-state index >= 15 is 0 Å². The van der Waals surface area contributed by atoms with Crippen LogP contribution in [0.5, 0.6) is 0 Å². The summed E-state index contributed by atoms with van der Waals surface area (Å²) < 4.78 is 0. The van der Waals surface area contributed by atoms with E-state index in [9.17, 15) is 4.79 Å². The van der Waals surface area contributed by atoms with Crippen LogP contribution in [0.15, 0.2) is 0 Å².